The van der Waals surface area contributed by atoms with Crippen LogP contribution < -0.4 is 0 Å². The zero-order valence-corrected chi connectivity index (χ0v) is 15.5. The molecule has 0 bridgehead atoms. The van der Waals surface area contributed by atoms with Crippen LogP contribution >= 0.6 is 0 Å². The van der Waals surface area contributed by atoms with Gasteiger partial charge in [-0.2, -0.15) is 0 Å². The maximum Gasteiger partial charge on any atom is 0.737 e. The molecule has 26 heavy (non-hydrogen) atoms. The summed E-state index contributed by atoms with van der Waals surface area (Å²) in [6.07, 6.45) is 1.77. The van der Waals surface area contributed by atoms with Crippen molar-refractivity contribution < 1.29 is 17.5 Å². The second kappa shape index (κ2) is 5.25. The fourth-order valence-corrected chi connectivity index (χ4v) is 4.32. The Hall–Kier alpha value is -2.50. The number of aryl methyl sites for hydroxylation is 3. The molecule has 0 fully saturated rings. The lowest BCUT2D eigenvalue weighted by molar-refractivity contribution is -0.363. The normalized spacial score (nSPS) is 18.2. The van der Waals surface area contributed by atoms with E-state index in [1.165, 1.54) is 6.07 Å². The molecule has 6 heteroatoms. The van der Waals surface area contributed by atoms with Crippen LogP contribution in [0.2, 0.25) is 0 Å². The molecule has 0 spiro atoms. The molecule has 2 aromatic rings. The quantitative estimate of drug-likeness (QED) is 0.637. The van der Waals surface area contributed by atoms with Crippen molar-refractivity contribution in [1.29, 1.82) is 0 Å². The van der Waals surface area contributed by atoms with Gasteiger partial charge in [-0.3, -0.25) is 0 Å². The molecule has 0 atom stereocenters. The van der Waals surface area contributed by atoms with E-state index < -0.39 is 6.97 Å². The molecule has 134 valence electrons. The number of nitrogens with zero attached hydrogens (tertiary/aromatic N) is 2. The average Bonchev–Trinajstić information content (AvgIpc) is 3.01. The number of fused-ring (bicyclic) bond motifs is 2. The monoisotopic (exact) mass is 356 g/mol. The standard InChI is InChI=1S/C20H20BF3N2/c1-11-6-7-16(10-17(11)22)18-19-12(2)8-14(4)25(19)21(23,24)26-15(5)9-13(3)20(18)26/h6-10H,1-5H3. The van der Waals surface area contributed by atoms with Crippen LogP contribution in [-0.4, -0.2) is 21.6 Å². The lowest BCUT2D eigenvalue weighted by Crippen LogP contribution is -2.51. The molecule has 0 saturated carbocycles. The fourth-order valence-electron chi connectivity index (χ4n) is 4.32. The summed E-state index contributed by atoms with van der Waals surface area (Å²) < 4.78 is 47.5. The Morgan fingerprint density at radius 2 is 1.65 bits per heavy atom. The van der Waals surface area contributed by atoms with Gasteiger partial charge in [-0.1, -0.05) is 12.1 Å². The zero-order chi connectivity index (χ0) is 19.0. The van der Waals surface area contributed by atoms with Crippen molar-refractivity contribution in [3.63, 3.8) is 0 Å². The van der Waals surface area contributed by atoms with Gasteiger partial charge in [0.1, 0.15) is 11.5 Å². The number of hydrogen-bond donors (Lipinski definition) is 0. The first-order valence-corrected chi connectivity index (χ1v) is 8.68. The second-order valence-corrected chi connectivity index (χ2v) is 7.30. The Labute approximate surface area is 151 Å². The highest BCUT2D eigenvalue weighted by Gasteiger charge is 2.55. The summed E-state index contributed by atoms with van der Waals surface area (Å²) in [4.78, 5) is 0. The maximum absolute atomic E-state index is 15.5. The van der Waals surface area contributed by atoms with Gasteiger partial charge in [0.2, 0.25) is 0 Å². The number of benzene rings is 1. The molecule has 0 saturated heterocycles. The van der Waals surface area contributed by atoms with Crippen LogP contribution in [0, 0.1) is 26.6 Å². The molecule has 3 heterocycles. The van der Waals surface area contributed by atoms with Gasteiger partial charge in [0.05, 0.1) is 5.57 Å². The van der Waals surface area contributed by atoms with Crippen molar-refractivity contribution in [3.8, 4) is 0 Å². The van der Waals surface area contributed by atoms with E-state index >= 15 is 8.63 Å². The van der Waals surface area contributed by atoms with Gasteiger partial charge in [0.25, 0.3) is 0 Å². The van der Waals surface area contributed by atoms with E-state index in [2.05, 4.69) is 0 Å². The van der Waals surface area contributed by atoms with Crippen LogP contribution in [0.4, 0.5) is 13.0 Å². The molecule has 4 rings (SSSR count). The van der Waals surface area contributed by atoms with Crippen LogP contribution in [0.15, 0.2) is 41.6 Å². The highest BCUT2D eigenvalue weighted by molar-refractivity contribution is 6.58. The van der Waals surface area contributed by atoms with E-state index in [9.17, 15) is 4.39 Å². The van der Waals surface area contributed by atoms with E-state index in [1.807, 2.05) is 19.9 Å². The smallest absolute Gasteiger partial charge is 0.393 e. The number of allylic oxidation sites excluding steroid dienone is 2. The number of rotatable bonds is 1. The Kier molecular flexibility index (Phi) is 3.42. The molecule has 0 amide bonds. The Morgan fingerprint density at radius 3 is 2.31 bits per heavy atom. The van der Waals surface area contributed by atoms with Gasteiger partial charge in [0.15, 0.2) is 5.70 Å². The summed E-state index contributed by atoms with van der Waals surface area (Å²) in [5.41, 5.74) is 5.31. The topological polar surface area (TPSA) is 7.94 Å². The summed E-state index contributed by atoms with van der Waals surface area (Å²) in [6.45, 7) is 4.73. The predicted octanol–water partition coefficient (Wildman–Crippen LogP) is 4.98. The van der Waals surface area contributed by atoms with Crippen LogP contribution in [0.25, 0.3) is 5.57 Å². The average molecular weight is 356 g/mol. The number of halogens is 3. The van der Waals surface area contributed by atoms with Crippen LogP contribution in [0.1, 0.15) is 41.9 Å². The van der Waals surface area contributed by atoms with Gasteiger partial charge >= 0.3 is 6.97 Å². The van der Waals surface area contributed by atoms with Gasteiger partial charge in [-0.05, 0) is 62.2 Å². The SMILES string of the molecule is CC1=CC(C)=[N+]2C1=C(c1ccc(C)c(F)c1)c1c(C)cc(C)n1[B-]2(F)F. The van der Waals surface area contributed by atoms with E-state index in [-0.39, 0.29) is 5.82 Å². The third kappa shape index (κ3) is 2.04. The lowest BCUT2D eigenvalue weighted by Gasteiger charge is -2.34. The van der Waals surface area contributed by atoms with Gasteiger partial charge in [0, 0.05) is 24.3 Å². The molecule has 1 aromatic heterocycles. The van der Waals surface area contributed by atoms with E-state index in [4.69, 9.17) is 0 Å². The molecule has 2 aliphatic heterocycles. The van der Waals surface area contributed by atoms with Crippen LogP contribution in [0.3, 0.4) is 0 Å². The van der Waals surface area contributed by atoms with Gasteiger partial charge in [-0.15, -0.1) is 0 Å². The van der Waals surface area contributed by atoms with Crippen molar-refractivity contribution in [2.24, 2.45) is 0 Å². The lowest BCUT2D eigenvalue weighted by atomic mass is 9.83. The third-order valence-corrected chi connectivity index (χ3v) is 5.40. The first-order chi connectivity index (χ1) is 12.1. The largest absolute Gasteiger partial charge is 0.737 e. The van der Waals surface area contributed by atoms with Crippen LogP contribution in [-0.2, 0) is 0 Å². The Bertz CT molecular complexity index is 1070. The first kappa shape index (κ1) is 16.9. The number of aromatic nitrogens is 1. The summed E-state index contributed by atoms with van der Waals surface area (Å²) in [6, 6.07) is 6.72. The Balaban J connectivity index is 2.17. The predicted molar refractivity (Wildman–Crippen MR) is 99.1 cm³/mol. The highest BCUT2D eigenvalue weighted by atomic mass is 19.2. The molecule has 0 radical (unpaired) electrons. The van der Waals surface area contributed by atoms with E-state index in [0.717, 1.165) is 20.1 Å². The van der Waals surface area contributed by atoms with Crippen molar-refractivity contribution in [3.05, 3.63) is 75.5 Å². The minimum Gasteiger partial charge on any atom is -0.393 e. The van der Waals surface area contributed by atoms with Crippen molar-refractivity contribution >= 4 is 18.3 Å². The second-order valence-electron chi connectivity index (χ2n) is 7.30. The summed E-state index contributed by atoms with van der Waals surface area (Å²) in [7, 11) is 0. The minimum atomic E-state index is -4.00. The van der Waals surface area contributed by atoms with Gasteiger partial charge < -0.3 is 17.6 Å². The molecule has 2 aliphatic rings. The van der Waals surface area contributed by atoms with Crippen molar-refractivity contribution in [2.45, 2.75) is 34.6 Å². The summed E-state index contributed by atoms with van der Waals surface area (Å²) >= 11 is 0. The summed E-state index contributed by atoms with van der Waals surface area (Å²) in [5.74, 6) is -0.335. The molecular weight excluding hydrogens is 336 g/mol. The molecule has 0 aliphatic carbocycles. The zero-order valence-electron chi connectivity index (χ0n) is 15.5. The minimum absolute atomic E-state index is 0.335. The van der Waals surface area contributed by atoms with Crippen molar-refractivity contribution in [1.82, 2.24) is 4.48 Å². The third-order valence-electron chi connectivity index (χ3n) is 5.40. The molecule has 0 unspecified atom stereocenters. The van der Waals surface area contributed by atoms with Gasteiger partial charge in [-0.25, -0.2) is 4.39 Å². The molecule has 2 nitrogen and oxygen atoms in total. The first-order valence-electron chi connectivity index (χ1n) is 8.68. The fraction of sp³-hybridized carbons (Fsp3) is 0.250. The maximum atomic E-state index is 15.5. The molecule has 1 aromatic carbocycles. The molecule has 0 N–H and O–H groups in total. The van der Waals surface area contributed by atoms with Crippen molar-refractivity contribution in [2.75, 3.05) is 0 Å². The highest BCUT2D eigenvalue weighted by Crippen LogP contribution is 2.44. The van der Waals surface area contributed by atoms with Crippen LogP contribution in [0.5, 0.6) is 0 Å². The number of hydrogen-bond acceptors (Lipinski definition) is 0. The Morgan fingerprint density at radius 1 is 0.962 bits per heavy atom. The summed E-state index contributed by atoms with van der Waals surface area (Å²) in [5, 5.41) is 0. The van der Waals surface area contributed by atoms with E-state index in [1.54, 1.807) is 39.0 Å². The molecular formula is C20H20BF3N2. The van der Waals surface area contributed by atoms with E-state index in [0.29, 0.717) is 39.5 Å².